The Morgan fingerprint density at radius 1 is 1.54 bits per heavy atom. The van der Waals surface area contributed by atoms with Gasteiger partial charge in [0, 0.05) is 17.0 Å². The molecule has 13 heavy (non-hydrogen) atoms. The van der Waals surface area contributed by atoms with Crippen molar-refractivity contribution in [3.63, 3.8) is 0 Å². The summed E-state index contributed by atoms with van der Waals surface area (Å²) in [4.78, 5) is 1.15. The average Bonchev–Trinajstić information content (AvgIpc) is 2.19. The first-order chi connectivity index (χ1) is 6.31. The molecule has 0 unspecified atom stereocenters. The van der Waals surface area contributed by atoms with Crippen LogP contribution in [0.4, 0.5) is 0 Å². The maximum Gasteiger partial charge on any atom is 0.124 e. The fourth-order valence-corrected chi connectivity index (χ4v) is 1.51. The predicted molar refractivity (Wildman–Crippen MR) is 53.4 cm³/mol. The van der Waals surface area contributed by atoms with Crippen molar-refractivity contribution >= 4 is 11.8 Å². The first-order valence-electron chi connectivity index (χ1n) is 3.89. The summed E-state index contributed by atoms with van der Waals surface area (Å²) in [6.45, 7) is 0.401. The highest BCUT2D eigenvalue weighted by Crippen LogP contribution is 2.24. The monoisotopic (exact) mass is 199 g/mol. The van der Waals surface area contributed by atoms with Crippen molar-refractivity contribution in [2.45, 2.75) is 11.4 Å². The van der Waals surface area contributed by atoms with Crippen LogP contribution in [0.1, 0.15) is 5.56 Å². The minimum absolute atomic E-state index is 0.401. The van der Waals surface area contributed by atoms with Gasteiger partial charge >= 0.3 is 0 Å². The van der Waals surface area contributed by atoms with Gasteiger partial charge in [0.25, 0.3) is 0 Å². The molecule has 0 amide bonds. The Morgan fingerprint density at radius 2 is 2.31 bits per heavy atom. The Bertz CT molecular complexity index is 278. The van der Waals surface area contributed by atoms with E-state index in [1.165, 1.54) is 0 Å². The van der Waals surface area contributed by atoms with Gasteiger partial charge in [0.15, 0.2) is 0 Å². The van der Waals surface area contributed by atoms with E-state index < -0.39 is 0 Å². The van der Waals surface area contributed by atoms with Gasteiger partial charge in [-0.25, -0.2) is 5.48 Å². The number of hydroxylamine groups is 1. The summed E-state index contributed by atoms with van der Waals surface area (Å²) in [7, 11) is 1.63. The molecule has 0 bridgehead atoms. The Balaban J connectivity index is 2.93. The molecule has 3 nitrogen and oxygen atoms in total. The van der Waals surface area contributed by atoms with Crippen molar-refractivity contribution in [3.05, 3.63) is 23.8 Å². The zero-order valence-corrected chi connectivity index (χ0v) is 8.52. The zero-order valence-electron chi connectivity index (χ0n) is 7.70. The maximum absolute atomic E-state index is 8.56. The van der Waals surface area contributed by atoms with Crippen molar-refractivity contribution in [1.82, 2.24) is 5.48 Å². The van der Waals surface area contributed by atoms with Gasteiger partial charge in [-0.15, -0.1) is 11.8 Å². The smallest absolute Gasteiger partial charge is 0.124 e. The number of hydrogen-bond acceptors (Lipinski definition) is 4. The fraction of sp³-hybridized carbons (Fsp3) is 0.333. The molecule has 0 aromatic heterocycles. The lowest BCUT2D eigenvalue weighted by Crippen LogP contribution is -2.07. The van der Waals surface area contributed by atoms with Gasteiger partial charge in [-0.3, -0.25) is 0 Å². The third kappa shape index (κ3) is 2.62. The average molecular weight is 199 g/mol. The molecule has 72 valence electrons. The van der Waals surface area contributed by atoms with Crippen molar-refractivity contribution in [2.75, 3.05) is 13.4 Å². The summed E-state index contributed by atoms with van der Waals surface area (Å²) >= 11 is 1.66. The summed E-state index contributed by atoms with van der Waals surface area (Å²) in [5.74, 6) is 0.799. The second-order valence-electron chi connectivity index (χ2n) is 2.51. The van der Waals surface area contributed by atoms with Crippen LogP contribution in [0, 0.1) is 0 Å². The van der Waals surface area contributed by atoms with Crippen LogP contribution < -0.4 is 10.2 Å². The first kappa shape index (κ1) is 10.4. The van der Waals surface area contributed by atoms with E-state index in [0.717, 1.165) is 16.2 Å². The highest BCUT2D eigenvalue weighted by atomic mass is 32.2. The molecule has 4 heteroatoms. The van der Waals surface area contributed by atoms with Gasteiger partial charge in [0.05, 0.1) is 7.11 Å². The predicted octanol–water partition coefficient (Wildman–Crippen LogP) is 1.90. The molecule has 1 rings (SSSR count). The standard InChI is InChI=1S/C9H13NO2S/c1-12-9-5-8(13-2)4-3-7(9)6-10-11/h3-5,10-11H,6H2,1-2H3. The molecule has 0 saturated heterocycles. The Morgan fingerprint density at radius 3 is 2.85 bits per heavy atom. The van der Waals surface area contributed by atoms with Crippen LogP contribution in [0.3, 0.4) is 0 Å². The molecule has 1 aromatic rings. The molecule has 0 spiro atoms. The lowest BCUT2D eigenvalue weighted by Gasteiger charge is -2.08. The van der Waals surface area contributed by atoms with E-state index in [-0.39, 0.29) is 0 Å². The number of thioether (sulfide) groups is 1. The van der Waals surface area contributed by atoms with Crippen LogP contribution in [0.5, 0.6) is 5.75 Å². The molecule has 0 heterocycles. The number of ether oxygens (including phenoxy) is 1. The maximum atomic E-state index is 8.56. The van der Waals surface area contributed by atoms with Crippen molar-refractivity contribution < 1.29 is 9.94 Å². The van der Waals surface area contributed by atoms with Gasteiger partial charge in [-0.1, -0.05) is 6.07 Å². The Hall–Kier alpha value is -0.710. The molecule has 0 fully saturated rings. The molecule has 0 aliphatic heterocycles. The van der Waals surface area contributed by atoms with E-state index in [2.05, 4.69) is 5.48 Å². The van der Waals surface area contributed by atoms with Gasteiger partial charge in [-0.2, -0.15) is 0 Å². The van der Waals surface area contributed by atoms with Crippen molar-refractivity contribution in [3.8, 4) is 5.75 Å². The molecule has 0 aliphatic carbocycles. The zero-order chi connectivity index (χ0) is 9.68. The van der Waals surface area contributed by atoms with Crippen molar-refractivity contribution in [2.24, 2.45) is 0 Å². The normalized spacial score (nSPS) is 10.1. The van der Waals surface area contributed by atoms with E-state index in [0.29, 0.717) is 6.54 Å². The minimum Gasteiger partial charge on any atom is -0.496 e. The molecule has 2 N–H and O–H groups in total. The van der Waals surface area contributed by atoms with E-state index >= 15 is 0 Å². The molecule has 0 atom stereocenters. The van der Waals surface area contributed by atoms with Crippen LogP contribution >= 0.6 is 11.8 Å². The lowest BCUT2D eigenvalue weighted by molar-refractivity contribution is 0.160. The lowest BCUT2D eigenvalue weighted by atomic mass is 10.2. The second-order valence-corrected chi connectivity index (χ2v) is 3.39. The molecule has 0 radical (unpaired) electrons. The number of methoxy groups -OCH3 is 1. The summed E-state index contributed by atoms with van der Waals surface area (Å²) in [5, 5.41) is 8.56. The molecular weight excluding hydrogens is 186 g/mol. The van der Waals surface area contributed by atoms with Gasteiger partial charge in [0.1, 0.15) is 5.75 Å². The van der Waals surface area contributed by atoms with Crippen LogP contribution in [0.15, 0.2) is 23.1 Å². The van der Waals surface area contributed by atoms with Crippen LogP contribution in [-0.2, 0) is 6.54 Å². The first-order valence-corrected chi connectivity index (χ1v) is 5.12. The van der Waals surface area contributed by atoms with Crippen LogP contribution in [0.2, 0.25) is 0 Å². The van der Waals surface area contributed by atoms with Crippen LogP contribution in [0.25, 0.3) is 0 Å². The highest BCUT2D eigenvalue weighted by molar-refractivity contribution is 7.98. The summed E-state index contributed by atoms with van der Waals surface area (Å²) < 4.78 is 5.18. The van der Waals surface area contributed by atoms with Crippen molar-refractivity contribution in [1.29, 1.82) is 0 Å². The summed E-state index contributed by atoms with van der Waals surface area (Å²) in [6.07, 6.45) is 2.01. The van der Waals surface area contributed by atoms with Gasteiger partial charge in [0.2, 0.25) is 0 Å². The SMILES string of the molecule is COc1cc(SC)ccc1CNO. The van der Waals surface area contributed by atoms with E-state index in [1.807, 2.05) is 24.5 Å². The third-order valence-corrected chi connectivity index (χ3v) is 2.49. The second kappa shape index (κ2) is 5.11. The summed E-state index contributed by atoms with van der Waals surface area (Å²) in [5.41, 5.74) is 3.06. The third-order valence-electron chi connectivity index (χ3n) is 1.76. The molecule has 0 aliphatic rings. The number of nitrogens with one attached hydrogen (secondary N) is 1. The van der Waals surface area contributed by atoms with Gasteiger partial charge in [-0.05, 0) is 18.4 Å². The topological polar surface area (TPSA) is 41.5 Å². The van der Waals surface area contributed by atoms with Gasteiger partial charge < -0.3 is 9.94 Å². The molecule has 1 aromatic carbocycles. The Kier molecular flexibility index (Phi) is 4.08. The van der Waals surface area contributed by atoms with E-state index in [1.54, 1.807) is 18.9 Å². The molecule has 0 saturated carbocycles. The Labute approximate surface area is 82.1 Å². The molecular formula is C9H13NO2S. The number of hydrogen-bond donors (Lipinski definition) is 2. The fourth-order valence-electron chi connectivity index (χ4n) is 1.08. The van der Waals surface area contributed by atoms with Crippen LogP contribution in [-0.4, -0.2) is 18.6 Å². The van der Waals surface area contributed by atoms with E-state index in [4.69, 9.17) is 9.94 Å². The minimum atomic E-state index is 0.401. The summed E-state index contributed by atoms with van der Waals surface area (Å²) in [6, 6.07) is 5.89. The van der Waals surface area contributed by atoms with E-state index in [9.17, 15) is 0 Å². The highest BCUT2D eigenvalue weighted by Gasteiger charge is 2.02. The largest absolute Gasteiger partial charge is 0.496 e. The quantitative estimate of drug-likeness (QED) is 0.574. The number of benzene rings is 1. The number of rotatable bonds is 4.